The van der Waals surface area contributed by atoms with Crippen molar-refractivity contribution in [1.82, 2.24) is 9.97 Å². The van der Waals surface area contributed by atoms with Crippen molar-refractivity contribution in [3.63, 3.8) is 0 Å². The number of methoxy groups -OCH3 is 1. The van der Waals surface area contributed by atoms with E-state index in [-0.39, 0.29) is 11.7 Å². The molecule has 0 saturated heterocycles. The van der Waals surface area contributed by atoms with E-state index in [0.717, 1.165) is 26.8 Å². The summed E-state index contributed by atoms with van der Waals surface area (Å²) in [4.78, 5) is 24.3. The lowest BCUT2D eigenvalue weighted by atomic mass is 10.1. The Hall–Kier alpha value is -1.92. The number of benzene rings is 1. The van der Waals surface area contributed by atoms with E-state index in [1.165, 1.54) is 22.2 Å². The molecule has 136 valence electrons. The van der Waals surface area contributed by atoms with Crippen molar-refractivity contribution < 1.29 is 9.53 Å². The Bertz CT molecular complexity index is 947. The molecular weight excluding hydrogens is 364 g/mol. The van der Waals surface area contributed by atoms with E-state index in [1.54, 1.807) is 30.6 Å². The molecular formula is C20H22N2O2S2. The first kappa shape index (κ1) is 18.9. The summed E-state index contributed by atoms with van der Waals surface area (Å²) in [5, 5.41) is 1.99. The first-order valence-corrected chi connectivity index (χ1v) is 10.3. The first-order chi connectivity index (χ1) is 12.4. The Labute approximate surface area is 162 Å². The molecule has 6 heteroatoms. The largest absolute Gasteiger partial charge is 0.497 e. The number of aromatic nitrogens is 2. The number of ether oxygens (including phenoxy) is 1. The van der Waals surface area contributed by atoms with Crippen LogP contribution in [-0.4, -0.2) is 28.6 Å². The normalized spacial score (nSPS) is 11.3. The molecule has 0 atom stereocenters. The van der Waals surface area contributed by atoms with Crippen LogP contribution < -0.4 is 4.74 Å². The van der Waals surface area contributed by atoms with Gasteiger partial charge >= 0.3 is 0 Å². The Morgan fingerprint density at radius 3 is 2.50 bits per heavy atom. The summed E-state index contributed by atoms with van der Waals surface area (Å²) in [6, 6.07) is 7.22. The zero-order valence-corrected chi connectivity index (χ0v) is 17.3. The number of rotatable bonds is 6. The molecule has 0 aliphatic carbocycles. The number of fused-ring (bicyclic) bond motifs is 1. The van der Waals surface area contributed by atoms with Gasteiger partial charge in [0.2, 0.25) is 0 Å². The van der Waals surface area contributed by atoms with Crippen molar-refractivity contribution >= 4 is 39.1 Å². The summed E-state index contributed by atoms with van der Waals surface area (Å²) in [6.45, 7) is 8.38. The van der Waals surface area contributed by atoms with E-state index >= 15 is 0 Å². The van der Waals surface area contributed by atoms with Gasteiger partial charge < -0.3 is 4.74 Å². The van der Waals surface area contributed by atoms with Gasteiger partial charge in [0, 0.05) is 21.7 Å². The van der Waals surface area contributed by atoms with Crippen LogP contribution in [0.15, 0.2) is 29.3 Å². The fourth-order valence-corrected chi connectivity index (χ4v) is 4.67. The highest BCUT2D eigenvalue weighted by Crippen LogP contribution is 2.36. The minimum Gasteiger partial charge on any atom is -0.497 e. The lowest BCUT2D eigenvalue weighted by Gasteiger charge is -2.09. The Morgan fingerprint density at radius 1 is 1.19 bits per heavy atom. The first-order valence-electron chi connectivity index (χ1n) is 8.48. The summed E-state index contributed by atoms with van der Waals surface area (Å²) in [6.07, 6.45) is 0. The minimum atomic E-state index is 0.0834. The van der Waals surface area contributed by atoms with Crippen LogP contribution >= 0.6 is 23.1 Å². The third-order valence-corrected chi connectivity index (χ3v) is 6.36. The zero-order valence-electron chi connectivity index (χ0n) is 15.6. The van der Waals surface area contributed by atoms with E-state index in [4.69, 9.17) is 14.7 Å². The molecule has 0 spiro atoms. The molecule has 0 aliphatic heterocycles. The van der Waals surface area contributed by atoms with Gasteiger partial charge in [0.05, 0.1) is 12.9 Å². The molecule has 0 bridgehead atoms. The average molecular weight is 387 g/mol. The molecule has 0 aliphatic rings. The number of hydrogen-bond donors (Lipinski definition) is 0. The SMILES string of the molecule is COc1ccc(C(=O)CSc2nc(C(C)C)nc3sc(C)c(C)c23)cc1. The van der Waals surface area contributed by atoms with Gasteiger partial charge in [0.25, 0.3) is 0 Å². The van der Waals surface area contributed by atoms with Crippen molar-refractivity contribution in [2.45, 2.75) is 38.6 Å². The molecule has 2 aromatic heterocycles. The molecule has 0 unspecified atom stereocenters. The van der Waals surface area contributed by atoms with Crippen LogP contribution in [0.4, 0.5) is 0 Å². The second-order valence-corrected chi connectivity index (χ2v) is 8.61. The van der Waals surface area contributed by atoms with E-state index in [1.807, 2.05) is 12.1 Å². The number of nitrogens with zero attached hydrogens (tertiary/aromatic N) is 2. The summed E-state index contributed by atoms with van der Waals surface area (Å²) in [5.41, 5.74) is 1.89. The van der Waals surface area contributed by atoms with E-state index in [0.29, 0.717) is 11.3 Å². The van der Waals surface area contributed by atoms with Crippen molar-refractivity contribution in [3.05, 3.63) is 46.1 Å². The van der Waals surface area contributed by atoms with Gasteiger partial charge in [-0.25, -0.2) is 9.97 Å². The number of carbonyl (C=O) groups excluding carboxylic acids is 1. The number of Topliss-reactive ketones (excluding diaryl/α,β-unsaturated/α-hetero) is 1. The summed E-state index contributed by atoms with van der Waals surface area (Å²) in [5.74, 6) is 2.26. The molecule has 0 fully saturated rings. The number of carbonyl (C=O) groups is 1. The number of hydrogen-bond acceptors (Lipinski definition) is 6. The number of thiophene rings is 1. The molecule has 3 aromatic rings. The van der Waals surface area contributed by atoms with E-state index < -0.39 is 0 Å². The highest BCUT2D eigenvalue weighted by Gasteiger charge is 2.17. The molecule has 26 heavy (non-hydrogen) atoms. The third kappa shape index (κ3) is 3.76. The number of thioether (sulfide) groups is 1. The van der Waals surface area contributed by atoms with E-state index in [9.17, 15) is 4.79 Å². The van der Waals surface area contributed by atoms with Gasteiger partial charge in [-0.2, -0.15) is 0 Å². The van der Waals surface area contributed by atoms with Gasteiger partial charge in [-0.05, 0) is 43.7 Å². The van der Waals surface area contributed by atoms with Crippen LogP contribution in [0.1, 0.15) is 46.4 Å². The maximum Gasteiger partial charge on any atom is 0.173 e. The fourth-order valence-electron chi connectivity index (χ4n) is 2.59. The fraction of sp³-hybridized carbons (Fsp3) is 0.350. The highest BCUT2D eigenvalue weighted by atomic mass is 32.2. The Kier molecular flexibility index (Phi) is 5.63. The van der Waals surface area contributed by atoms with Gasteiger partial charge in [-0.1, -0.05) is 25.6 Å². The summed E-state index contributed by atoms with van der Waals surface area (Å²) < 4.78 is 5.15. The summed E-state index contributed by atoms with van der Waals surface area (Å²) >= 11 is 3.19. The quantitative estimate of drug-likeness (QED) is 0.322. The second kappa shape index (κ2) is 7.76. The molecule has 0 radical (unpaired) electrons. The van der Waals surface area contributed by atoms with E-state index in [2.05, 4.69) is 27.7 Å². The molecule has 2 heterocycles. The maximum absolute atomic E-state index is 12.6. The topological polar surface area (TPSA) is 52.1 Å². The van der Waals surface area contributed by atoms with Gasteiger partial charge in [-0.3, -0.25) is 4.79 Å². The predicted octanol–water partition coefficient (Wildman–Crippen LogP) is 5.42. The maximum atomic E-state index is 12.6. The Balaban J connectivity index is 1.88. The van der Waals surface area contributed by atoms with Crippen molar-refractivity contribution in [1.29, 1.82) is 0 Å². The van der Waals surface area contributed by atoms with Crippen molar-refractivity contribution in [3.8, 4) is 5.75 Å². The number of ketones is 1. The molecule has 3 rings (SSSR count). The van der Waals surface area contributed by atoms with Crippen LogP contribution in [0.25, 0.3) is 10.2 Å². The average Bonchev–Trinajstić information content (AvgIpc) is 2.93. The van der Waals surface area contributed by atoms with Gasteiger partial charge in [0.15, 0.2) is 5.78 Å². The monoisotopic (exact) mass is 386 g/mol. The van der Waals surface area contributed by atoms with Gasteiger partial charge in [-0.15, -0.1) is 11.3 Å². The Morgan fingerprint density at radius 2 is 1.88 bits per heavy atom. The van der Waals surface area contributed by atoms with Crippen LogP contribution in [0, 0.1) is 13.8 Å². The standard InChI is InChI=1S/C20H22N2O2S2/c1-11(2)18-21-19(17-12(3)13(4)26-20(17)22-18)25-10-16(23)14-6-8-15(24-5)9-7-14/h6-9,11H,10H2,1-5H3. The van der Waals surface area contributed by atoms with Crippen LogP contribution in [0.3, 0.4) is 0 Å². The lowest BCUT2D eigenvalue weighted by Crippen LogP contribution is -2.04. The molecule has 4 nitrogen and oxygen atoms in total. The minimum absolute atomic E-state index is 0.0834. The third-order valence-electron chi connectivity index (χ3n) is 4.28. The van der Waals surface area contributed by atoms with Crippen molar-refractivity contribution in [2.24, 2.45) is 0 Å². The molecule has 1 aromatic carbocycles. The lowest BCUT2D eigenvalue weighted by molar-refractivity contribution is 0.102. The highest BCUT2D eigenvalue weighted by molar-refractivity contribution is 8.00. The van der Waals surface area contributed by atoms with Crippen LogP contribution in [0.2, 0.25) is 0 Å². The second-order valence-electron chi connectivity index (χ2n) is 6.45. The summed E-state index contributed by atoms with van der Waals surface area (Å²) in [7, 11) is 1.62. The molecule has 0 saturated carbocycles. The molecule has 0 N–H and O–H groups in total. The van der Waals surface area contributed by atoms with Gasteiger partial charge in [0.1, 0.15) is 21.4 Å². The van der Waals surface area contributed by atoms with Crippen LogP contribution in [-0.2, 0) is 0 Å². The smallest absolute Gasteiger partial charge is 0.173 e. The van der Waals surface area contributed by atoms with Crippen molar-refractivity contribution in [2.75, 3.05) is 12.9 Å². The molecule has 0 amide bonds. The van der Waals surface area contributed by atoms with Crippen LogP contribution in [0.5, 0.6) is 5.75 Å². The zero-order chi connectivity index (χ0) is 18.8. The predicted molar refractivity (Wildman–Crippen MR) is 109 cm³/mol. The number of aryl methyl sites for hydroxylation is 2.